The lowest BCUT2D eigenvalue weighted by atomic mass is 10.0. The number of aliphatic hydroxyl groups is 1. The summed E-state index contributed by atoms with van der Waals surface area (Å²) in [5, 5.41) is 13.5. The van der Waals surface area contributed by atoms with Gasteiger partial charge in [0.2, 0.25) is 0 Å². The molecule has 0 spiro atoms. The fourth-order valence-electron chi connectivity index (χ4n) is 2.88. The number of aliphatic hydroxyl groups excluding tert-OH is 1. The monoisotopic (exact) mass is 329 g/mol. The molecule has 1 aromatic rings. The quantitative estimate of drug-likeness (QED) is 0.676. The highest BCUT2D eigenvalue weighted by atomic mass is 35.5. The van der Waals surface area contributed by atoms with Crippen molar-refractivity contribution >= 4 is 11.8 Å². The minimum absolute atomic E-state index is 0. The topological polar surface area (TPSA) is 36.8 Å². The van der Waals surface area contributed by atoms with Crippen molar-refractivity contribution < 1.29 is 22.8 Å². The third-order valence-corrected chi connectivity index (χ3v) is 5.62. The van der Waals surface area contributed by atoms with Crippen molar-refractivity contribution in [3.8, 4) is 0 Å². The lowest BCUT2D eigenvalue weighted by Crippen LogP contribution is -3.00. The van der Waals surface area contributed by atoms with E-state index in [0.717, 1.165) is 17.4 Å². The van der Waals surface area contributed by atoms with E-state index in [1.807, 2.05) is 30.3 Å². The van der Waals surface area contributed by atoms with Crippen LogP contribution in [0.3, 0.4) is 0 Å². The van der Waals surface area contributed by atoms with Gasteiger partial charge in [0.25, 0.3) is 0 Å². The predicted molar refractivity (Wildman–Crippen MR) is 87.0 cm³/mol. The van der Waals surface area contributed by atoms with Gasteiger partial charge in [-0.2, -0.15) is 11.8 Å². The highest BCUT2D eigenvalue weighted by Gasteiger charge is 2.19. The average molecular weight is 330 g/mol. The lowest BCUT2D eigenvalue weighted by molar-refractivity contribution is -0.690. The maximum absolute atomic E-state index is 10.3. The van der Waals surface area contributed by atoms with Crippen LogP contribution in [0.5, 0.6) is 0 Å². The molecule has 0 amide bonds. The minimum atomic E-state index is -0.365. The first-order valence-electron chi connectivity index (χ1n) is 7.95. The average Bonchev–Trinajstić information content (AvgIpc) is 2.52. The van der Waals surface area contributed by atoms with Crippen molar-refractivity contribution in [2.24, 2.45) is 0 Å². The number of nitrogens with two attached hydrogens (primary N) is 1. The van der Waals surface area contributed by atoms with E-state index < -0.39 is 0 Å². The Kier molecular flexibility index (Phi) is 9.41. The van der Waals surface area contributed by atoms with E-state index in [9.17, 15) is 5.11 Å². The Hall–Kier alpha value is -0.220. The van der Waals surface area contributed by atoms with Crippen molar-refractivity contribution in [2.75, 3.05) is 12.3 Å². The van der Waals surface area contributed by atoms with Crippen molar-refractivity contribution in [1.29, 1.82) is 0 Å². The Labute approximate surface area is 139 Å². The van der Waals surface area contributed by atoms with Crippen LogP contribution in [0.25, 0.3) is 0 Å². The van der Waals surface area contributed by atoms with E-state index in [1.54, 1.807) is 0 Å². The van der Waals surface area contributed by atoms with Gasteiger partial charge in [-0.1, -0.05) is 49.6 Å². The largest absolute Gasteiger partial charge is 1.00 e. The zero-order chi connectivity index (χ0) is 14.2. The molecule has 0 aromatic heterocycles. The van der Waals surface area contributed by atoms with E-state index in [0.29, 0.717) is 0 Å². The summed E-state index contributed by atoms with van der Waals surface area (Å²) in [6, 6.07) is 10.2. The number of hydrogen-bond acceptors (Lipinski definition) is 2. The third kappa shape index (κ3) is 6.60. The second kappa shape index (κ2) is 10.5. The fraction of sp³-hybridized carbons (Fsp3) is 0.647. The molecular weight excluding hydrogens is 302 g/mol. The second-order valence-corrected chi connectivity index (χ2v) is 7.28. The normalized spacial score (nSPS) is 18.8. The summed E-state index contributed by atoms with van der Waals surface area (Å²) in [5.74, 6) is 1.20. The Balaban J connectivity index is 0.00000220. The molecule has 4 heteroatoms. The Bertz CT molecular complexity index is 370. The zero-order valence-electron chi connectivity index (χ0n) is 12.9. The first-order chi connectivity index (χ1) is 9.77. The van der Waals surface area contributed by atoms with Crippen LogP contribution in [0.1, 0.15) is 50.7 Å². The summed E-state index contributed by atoms with van der Waals surface area (Å²) in [5.41, 5.74) is 1.02. The number of rotatable bonds is 7. The smallest absolute Gasteiger partial charge is 0.130 e. The summed E-state index contributed by atoms with van der Waals surface area (Å²) in [6.07, 6.45) is 6.73. The van der Waals surface area contributed by atoms with Crippen molar-refractivity contribution in [3.05, 3.63) is 35.9 Å². The standard InChI is InChI=1S/C17H27NOS.ClH/c1-14(17(19)15-8-4-2-5-9-15)18-12-13-20-16-10-6-3-7-11-16;/h2,4-5,8-9,14,16-19H,3,6-7,10-13H2,1H3;1H. The minimum Gasteiger partial charge on any atom is -1.00 e. The van der Waals surface area contributed by atoms with Crippen LogP contribution in [0.4, 0.5) is 0 Å². The molecule has 120 valence electrons. The summed E-state index contributed by atoms with van der Waals surface area (Å²) in [7, 11) is 0. The first kappa shape index (κ1) is 18.8. The molecule has 0 bridgehead atoms. The van der Waals surface area contributed by atoms with Crippen LogP contribution in [-0.2, 0) is 0 Å². The molecular formula is C17H28ClNOS. The molecule has 2 nitrogen and oxygen atoms in total. The SMILES string of the molecule is CC([NH2+]CCSC1CCCCC1)C(O)c1ccccc1.[Cl-]. The van der Waals surface area contributed by atoms with Crippen molar-refractivity contribution in [3.63, 3.8) is 0 Å². The molecule has 1 fully saturated rings. The molecule has 0 radical (unpaired) electrons. The van der Waals surface area contributed by atoms with Gasteiger partial charge < -0.3 is 22.8 Å². The lowest BCUT2D eigenvalue weighted by Gasteiger charge is -2.21. The molecule has 21 heavy (non-hydrogen) atoms. The van der Waals surface area contributed by atoms with Gasteiger partial charge in [-0.15, -0.1) is 0 Å². The molecule has 1 aliphatic rings. The summed E-state index contributed by atoms with van der Waals surface area (Å²) in [6.45, 7) is 3.22. The summed E-state index contributed by atoms with van der Waals surface area (Å²) in [4.78, 5) is 0. The molecule has 0 aliphatic heterocycles. The molecule has 1 aliphatic carbocycles. The van der Waals surface area contributed by atoms with Crippen LogP contribution >= 0.6 is 11.8 Å². The van der Waals surface area contributed by atoms with Gasteiger partial charge in [-0.05, 0) is 25.3 Å². The Morgan fingerprint density at radius 2 is 1.86 bits per heavy atom. The van der Waals surface area contributed by atoms with E-state index in [4.69, 9.17) is 0 Å². The molecule has 0 saturated heterocycles. The van der Waals surface area contributed by atoms with Crippen LogP contribution in [0.15, 0.2) is 30.3 Å². The molecule has 2 rings (SSSR count). The summed E-state index contributed by atoms with van der Waals surface area (Å²) >= 11 is 2.13. The van der Waals surface area contributed by atoms with Crippen LogP contribution < -0.4 is 17.7 Å². The molecule has 2 unspecified atom stereocenters. The van der Waals surface area contributed by atoms with Crippen molar-refractivity contribution in [2.45, 2.75) is 56.4 Å². The van der Waals surface area contributed by atoms with Gasteiger partial charge in [-0.25, -0.2) is 0 Å². The van der Waals surface area contributed by atoms with E-state index in [1.165, 1.54) is 37.9 Å². The number of quaternary nitrogens is 1. The van der Waals surface area contributed by atoms with Gasteiger partial charge >= 0.3 is 0 Å². The van der Waals surface area contributed by atoms with Gasteiger partial charge in [0.05, 0.1) is 6.54 Å². The Morgan fingerprint density at radius 3 is 2.52 bits per heavy atom. The van der Waals surface area contributed by atoms with Gasteiger partial charge in [-0.3, -0.25) is 0 Å². The third-order valence-electron chi connectivity index (χ3n) is 4.20. The van der Waals surface area contributed by atoms with Gasteiger partial charge in [0.1, 0.15) is 12.1 Å². The molecule has 2 atom stereocenters. The van der Waals surface area contributed by atoms with E-state index >= 15 is 0 Å². The number of hydrogen-bond donors (Lipinski definition) is 2. The number of benzene rings is 1. The highest BCUT2D eigenvalue weighted by Crippen LogP contribution is 2.27. The first-order valence-corrected chi connectivity index (χ1v) is 9.00. The molecule has 1 aromatic carbocycles. The predicted octanol–water partition coefficient (Wildman–Crippen LogP) is -0.258. The van der Waals surface area contributed by atoms with Gasteiger partial charge in [0.15, 0.2) is 0 Å². The molecule has 3 N–H and O–H groups in total. The molecule has 0 heterocycles. The highest BCUT2D eigenvalue weighted by molar-refractivity contribution is 7.99. The van der Waals surface area contributed by atoms with Gasteiger partial charge in [0, 0.05) is 11.0 Å². The van der Waals surface area contributed by atoms with Crippen LogP contribution in [0.2, 0.25) is 0 Å². The van der Waals surface area contributed by atoms with E-state index in [2.05, 4.69) is 24.0 Å². The van der Waals surface area contributed by atoms with E-state index in [-0.39, 0.29) is 24.6 Å². The van der Waals surface area contributed by atoms with Crippen LogP contribution in [0, 0.1) is 0 Å². The number of halogens is 1. The summed E-state index contributed by atoms with van der Waals surface area (Å²) < 4.78 is 0. The molecule has 1 saturated carbocycles. The zero-order valence-corrected chi connectivity index (χ0v) is 14.5. The fourth-order valence-corrected chi connectivity index (χ4v) is 4.15. The van der Waals surface area contributed by atoms with Crippen molar-refractivity contribution in [1.82, 2.24) is 0 Å². The number of thioether (sulfide) groups is 1. The van der Waals surface area contributed by atoms with Crippen LogP contribution in [-0.4, -0.2) is 28.7 Å². The maximum Gasteiger partial charge on any atom is 0.130 e. The second-order valence-electron chi connectivity index (χ2n) is 5.87. The Morgan fingerprint density at radius 1 is 1.19 bits per heavy atom. The maximum atomic E-state index is 10.3.